The van der Waals surface area contributed by atoms with Gasteiger partial charge >= 0.3 is 0 Å². The van der Waals surface area contributed by atoms with Crippen LogP contribution in [0.15, 0.2) is 18.5 Å². The third kappa shape index (κ3) is 2.02. The topological polar surface area (TPSA) is 36.7 Å². The number of nitrogens with zero attached hydrogens (tertiary/aromatic N) is 2. The van der Waals surface area contributed by atoms with E-state index in [-0.39, 0.29) is 4.83 Å². The third-order valence-electron chi connectivity index (χ3n) is 1.35. The fraction of sp³-hybridized carbons (Fsp3) is 0.250. The van der Waals surface area contributed by atoms with Crippen LogP contribution in [-0.2, 0) is 0 Å². The van der Waals surface area contributed by atoms with Crippen molar-refractivity contribution in [3.63, 3.8) is 0 Å². The van der Waals surface area contributed by atoms with Crippen LogP contribution in [0.1, 0.15) is 22.9 Å². The van der Waals surface area contributed by atoms with Crippen molar-refractivity contribution in [2.75, 3.05) is 0 Å². The van der Waals surface area contributed by atoms with Gasteiger partial charge in [-0.25, -0.2) is 0 Å². The van der Waals surface area contributed by atoms with Crippen LogP contribution in [-0.4, -0.2) is 4.98 Å². The molecule has 1 aromatic rings. The highest BCUT2D eigenvalue weighted by Gasteiger charge is 2.00. The van der Waals surface area contributed by atoms with Crippen molar-refractivity contribution in [2.24, 2.45) is 0 Å². The second-order valence-electron chi connectivity index (χ2n) is 2.23. The molecule has 1 unspecified atom stereocenters. The van der Waals surface area contributed by atoms with Gasteiger partial charge in [-0.05, 0) is 18.6 Å². The number of hydrogen-bond donors (Lipinski definition) is 0. The Morgan fingerprint density at radius 2 is 2.36 bits per heavy atom. The summed E-state index contributed by atoms with van der Waals surface area (Å²) in [6, 6.07) is 3.86. The summed E-state index contributed by atoms with van der Waals surface area (Å²) in [6.07, 6.45) is 3.30. The molecule has 0 bridgehead atoms. The monoisotopic (exact) mass is 210 g/mol. The zero-order valence-corrected chi connectivity index (χ0v) is 7.67. The first-order valence-corrected chi connectivity index (χ1v) is 4.14. The van der Waals surface area contributed by atoms with Crippen LogP contribution in [0.4, 0.5) is 0 Å². The molecule has 1 atom stereocenters. The van der Waals surface area contributed by atoms with Crippen LogP contribution in [0.5, 0.6) is 0 Å². The summed E-state index contributed by atoms with van der Waals surface area (Å²) in [5.74, 6) is 0. The second kappa shape index (κ2) is 3.49. The molecule has 3 heteroatoms. The van der Waals surface area contributed by atoms with Crippen LogP contribution in [0, 0.1) is 11.3 Å². The van der Waals surface area contributed by atoms with Gasteiger partial charge in [0.25, 0.3) is 0 Å². The minimum absolute atomic E-state index is 0.253. The standard InChI is InChI=1S/C8H7BrN2/c1-6(9)8-2-7(3-10)4-11-5-8/h2,4-6H,1H3. The number of alkyl halides is 1. The molecule has 2 nitrogen and oxygen atoms in total. The van der Waals surface area contributed by atoms with Crippen LogP contribution >= 0.6 is 15.9 Å². The van der Waals surface area contributed by atoms with E-state index in [1.165, 1.54) is 0 Å². The lowest BCUT2D eigenvalue weighted by molar-refractivity contribution is 1.09. The molecule has 0 saturated heterocycles. The highest BCUT2D eigenvalue weighted by molar-refractivity contribution is 9.09. The minimum Gasteiger partial charge on any atom is -0.263 e. The Kier molecular flexibility index (Phi) is 2.61. The molecule has 0 aliphatic heterocycles. The Morgan fingerprint density at radius 1 is 1.64 bits per heavy atom. The summed E-state index contributed by atoms with van der Waals surface area (Å²) in [5.41, 5.74) is 1.64. The van der Waals surface area contributed by atoms with E-state index in [4.69, 9.17) is 5.26 Å². The normalized spacial score (nSPS) is 12.1. The molecular weight excluding hydrogens is 204 g/mol. The highest BCUT2D eigenvalue weighted by atomic mass is 79.9. The largest absolute Gasteiger partial charge is 0.263 e. The molecule has 1 aromatic heterocycles. The van der Waals surface area contributed by atoms with Crippen molar-refractivity contribution < 1.29 is 0 Å². The van der Waals surface area contributed by atoms with E-state index in [2.05, 4.69) is 20.9 Å². The van der Waals surface area contributed by atoms with E-state index in [1.54, 1.807) is 12.4 Å². The number of halogens is 1. The maximum atomic E-state index is 8.54. The van der Waals surface area contributed by atoms with Gasteiger partial charge in [-0.15, -0.1) is 0 Å². The van der Waals surface area contributed by atoms with E-state index >= 15 is 0 Å². The quantitative estimate of drug-likeness (QED) is 0.668. The van der Waals surface area contributed by atoms with Crippen molar-refractivity contribution >= 4 is 15.9 Å². The van der Waals surface area contributed by atoms with E-state index in [1.807, 2.05) is 19.1 Å². The van der Waals surface area contributed by atoms with Gasteiger partial charge in [-0.1, -0.05) is 15.9 Å². The van der Waals surface area contributed by atoms with Crippen LogP contribution in [0.25, 0.3) is 0 Å². The number of aromatic nitrogens is 1. The van der Waals surface area contributed by atoms with Crippen molar-refractivity contribution in [3.05, 3.63) is 29.6 Å². The Labute approximate surface area is 74.0 Å². The summed E-state index contributed by atoms with van der Waals surface area (Å²) in [6.45, 7) is 2.00. The van der Waals surface area contributed by atoms with Gasteiger partial charge in [-0.2, -0.15) is 5.26 Å². The molecule has 56 valence electrons. The average Bonchev–Trinajstić information content (AvgIpc) is 2.05. The molecule has 0 aliphatic carbocycles. The molecule has 0 saturated carbocycles. The Hall–Kier alpha value is -0.880. The summed E-state index contributed by atoms with van der Waals surface area (Å²) in [7, 11) is 0. The summed E-state index contributed by atoms with van der Waals surface area (Å²) in [4.78, 5) is 4.18. The summed E-state index contributed by atoms with van der Waals surface area (Å²) in [5, 5.41) is 8.54. The number of pyridine rings is 1. The SMILES string of the molecule is CC(Br)c1cncc(C#N)c1. The Balaban J connectivity index is 3.03. The molecule has 0 amide bonds. The first kappa shape index (κ1) is 8.22. The first-order valence-electron chi connectivity index (χ1n) is 3.23. The number of hydrogen-bond acceptors (Lipinski definition) is 2. The molecule has 1 rings (SSSR count). The highest BCUT2D eigenvalue weighted by Crippen LogP contribution is 2.20. The predicted octanol–water partition coefficient (Wildman–Crippen LogP) is 2.41. The molecule has 11 heavy (non-hydrogen) atoms. The lowest BCUT2D eigenvalue weighted by Gasteiger charge is -2.00. The number of nitriles is 1. The molecule has 0 fully saturated rings. The molecule has 0 aromatic carbocycles. The maximum absolute atomic E-state index is 8.54. The minimum atomic E-state index is 0.253. The van der Waals surface area contributed by atoms with Gasteiger partial charge in [0.05, 0.1) is 5.56 Å². The van der Waals surface area contributed by atoms with Gasteiger partial charge in [0.2, 0.25) is 0 Å². The average molecular weight is 211 g/mol. The second-order valence-corrected chi connectivity index (χ2v) is 3.61. The maximum Gasteiger partial charge on any atom is 0.101 e. The predicted molar refractivity (Wildman–Crippen MR) is 46.3 cm³/mol. The van der Waals surface area contributed by atoms with Crippen LogP contribution < -0.4 is 0 Å². The molecule has 0 radical (unpaired) electrons. The summed E-state index contributed by atoms with van der Waals surface area (Å²) >= 11 is 3.40. The van der Waals surface area contributed by atoms with E-state index in [9.17, 15) is 0 Å². The fourth-order valence-corrected chi connectivity index (χ4v) is 0.987. The molecule has 0 N–H and O–H groups in total. The Bertz CT molecular complexity index is 288. The first-order chi connectivity index (χ1) is 5.24. The van der Waals surface area contributed by atoms with Crippen molar-refractivity contribution in [3.8, 4) is 6.07 Å². The van der Waals surface area contributed by atoms with E-state index in [0.29, 0.717) is 5.56 Å². The van der Waals surface area contributed by atoms with Gasteiger partial charge < -0.3 is 0 Å². The van der Waals surface area contributed by atoms with E-state index in [0.717, 1.165) is 5.56 Å². The van der Waals surface area contributed by atoms with Gasteiger partial charge in [0.15, 0.2) is 0 Å². The van der Waals surface area contributed by atoms with E-state index < -0.39 is 0 Å². The lowest BCUT2D eigenvalue weighted by atomic mass is 10.2. The van der Waals surface area contributed by atoms with Crippen LogP contribution in [0.3, 0.4) is 0 Å². The third-order valence-corrected chi connectivity index (χ3v) is 1.88. The smallest absolute Gasteiger partial charge is 0.101 e. The summed E-state index contributed by atoms with van der Waals surface area (Å²) < 4.78 is 0. The zero-order valence-electron chi connectivity index (χ0n) is 6.08. The van der Waals surface area contributed by atoms with Gasteiger partial charge in [-0.3, -0.25) is 4.98 Å². The van der Waals surface area contributed by atoms with Gasteiger partial charge in [0.1, 0.15) is 6.07 Å². The molecule has 1 heterocycles. The van der Waals surface area contributed by atoms with Gasteiger partial charge in [0, 0.05) is 17.2 Å². The van der Waals surface area contributed by atoms with Crippen molar-refractivity contribution in [1.29, 1.82) is 5.26 Å². The van der Waals surface area contributed by atoms with Crippen LogP contribution in [0.2, 0.25) is 0 Å². The molecular formula is C8H7BrN2. The lowest BCUT2D eigenvalue weighted by Crippen LogP contribution is -1.86. The molecule has 0 spiro atoms. The molecule has 0 aliphatic rings. The number of rotatable bonds is 1. The Morgan fingerprint density at radius 3 is 2.91 bits per heavy atom. The fourth-order valence-electron chi connectivity index (χ4n) is 0.736. The zero-order chi connectivity index (χ0) is 8.27. The van der Waals surface area contributed by atoms with Crippen molar-refractivity contribution in [1.82, 2.24) is 4.98 Å². The van der Waals surface area contributed by atoms with Crippen molar-refractivity contribution in [2.45, 2.75) is 11.8 Å².